The first kappa shape index (κ1) is 11.4. The predicted molar refractivity (Wildman–Crippen MR) is 52.9 cm³/mol. The average Bonchev–Trinajstić information content (AvgIpc) is 2.59. The van der Waals surface area contributed by atoms with Crippen LogP contribution in [0.5, 0.6) is 0 Å². The number of aryl methyl sites for hydroxylation is 1. The number of nitrogen functional groups attached to an aromatic ring is 1. The molecule has 0 radical (unpaired) electrons. The van der Waals surface area contributed by atoms with Crippen molar-refractivity contribution in [2.24, 2.45) is 7.05 Å². The monoisotopic (exact) mass is 245 g/mol. The summed E-state index contributed by atoms with van der Waals surface area (Å²) in [7, 11) is 1.43. The van der Waals surface area contributed by atoms with E-state index in [-0.39, 0.29) is 17.4 Å². The summed E-state index contributed by atoms with van der Waals surface area (Å²) in [5.41, 5.74) is 4.45. The lowest BCUT2D eigenvalue weighted by Crippen LogP contribution is -2.02. The minimum atomic E-state index is -1.50. The van der Waals surface area contributed by atoms with Gasteiger partial charge in [0.15, 0.2) is 23.3 Å². The first-order valence-electron chi connectivity index (χ1n) is 4.54. The summed E-state index contributed by atoms with van der Waals surface area (Å²) in [6, 6.07) is 0.140. The van der Waals surface area contributed by atoms with Gasteiger partial charge >= 0.3 is 0 Å². The molecule has 90 valence electrons. The molecule has 0 bridgehead atoms. The van der Waals surface area contributed by atoms with Crippen LogP contribution in [0.4, 0.5) is 23.4 Å². The predicted octanol–water partition coefficient (Wildman–Crippen LogP) is 2.23. The molecule has 0 aliphatic heterocycles. The number of benzene rings is 1. The van der Waals surface area contributed by atoms with Crippen molar-refractivity contribution in [3.05, 3.63) is 35.5 Å². The van der Waals surface area contributed by atoms with E-state index < -0.39 is 28.8 Å². The molecule has 0 spiro atoms. The fourth-order valence-electron chi connectivity index (χ4n) is 1.45. The van der Waals surface area contributed by atoms with Crippen LogP contribution in [0.2, 0.25) is 0 Å². The molecule has 2 N–H and O–H groups in total. The van der Waals surface area contributed by atoms with Crippen molar-refractivity contribution in [1.29, 1.82) is 0 Å². The lowest BCUT2D eigenvalue weighted by molar-refractivity contribution is 0.458. The largest absolute Gasteiger partial charge is 0.383 e. The van der Waals surface area contributed by atoms with E-state index in [9.17, 15) is 17.6 Å². The number of hydrogen-bond acceptors (Lipinski definition) is 2. The Morgan fingerprint density at radius 1 is 1.12 bits per heavy atom. The highest BCUT2D eigenvalue weighted by Crippen LogP contribution is 2.32. The zero-order valence-corrected chi connectivity index (χ0v) is 8.64. The van der Waals surface area contributed by atoms with Crippen molar-refractivity contribution in [3.63, 3.8) is 0 Å². The summed E-state index contributed by atoms with van der Waals surface area (Å²) >= 11 is 0. The molecule has 17 heavy (non-hydrogen) atoms. The van der Waals surface area contributed by atoms with Gasteiger partial charge in [-0.2, -0.15) is 5.10 Å². The quantitative estimate of drug-likeness (QED) is 0.618. The number of nitrogens with zero attached hydrogens (tertiary/aromatic N) is 2. The van der Waals surface area contributed by atoms with Gasteiger partial charge in [0, 0.05) is 18.7 Å². The lowest BCUT2D eigenvalue weighted by Gasteiger charge is -2.06. The van der Waals surface area contributed by atoms with Gasteiger partial charge in [0.25, 0.3) is 0 Å². The van der Waals surface area contributed by atoms with Crippen molar-refractivity contribution in [2.75, 3.05) is 5.73 Å². The number of anilines is 1. The first-order valence-corrected chi connectivity index (χ1v) is 4.54. The van der Waals surface area contributed by atoms with Crippen LogP contribution in [0.1, 0.15) is 0 Å². The molecule has 7 heteroatoms. The molecule has 0 unspecified atom stereocenters. The lowest BCUT2D eigenvalue weighted by atomic mass is 10.1. The SMILES string of the molecule is Cn1ncc(-c2c(F)c(F)cc(F)c2F)c1N. The van der Waals surface area contributed by atoms with E-state index in [1.807, 2.05) is 0 Å². The maximum atomic E-state index is 13.4. The number of rotatable bonds is 1. The second-order valence-corrected chi connectivity index (χ2v) is 3.41. The van der Waals surface area contributed by atoms with Crippen LogP contribution >= 0.6 is 0 Å². The Kier molecular flexibility index (Phi) is 2.53. The maximum Gasteiger partial charge on any atom is 0.169 e. The van der Waals surface area contributed by atoms with Gasteiger partial charge < -0.3 is 5.73 Å². The number of halogens is 4. The van der Waals surface area contributed by atoms with Crippen LogP contribution in [-0.4, -0.2) is 9.78 Å². The normalized spacial score (nSPS) is 10.9. The highest BCUT2D eigenvalue weighted by molar-refractivity contribution is 5.74. The molecule has 0 fully saturated rings. The Morgan fingerprint density at radius 3 is 2.06 bits per heavy atom. The van der Waals surface area contributed by atoms with Gasteiger partial charge in [-0.05, 0) is 0 Å². The van der Waals surface area contributed by atoms with E-state index in [4.69, 9.17) is 5.73 Å². The van der Waals surface area contributed by atoms with Gasteiger partial charge in [-0.1, -0.05) is 0 Å². The van der Waals surface area contributed by atoms with Crippen molar-refractivity contribution in [1.82, 2.24) is 9.78 Å². The third-order valence-electron chi connectivity index (χ3n) is 2.37. The molecular formula is C10H7F4N3. The van der Waals surface area contributed by atoms with E-state index in [1.165, 1.54) is 7.05 Å². The molecular weight excluding hydrogens is 238 g/mol. The van der Waals surface area contributed by atoms with Gasteiger partial charge in [-0.15, -0.1) is 0 Å². The molecule has 1 aromatic carbocycles. The molecule has 2 aromatic rings. The van der Waals surface area contributed by atoms with E-state index in [2.05, 4.69) is 5.10 Å². The van der Waals surface area contributed by atoms with Gasteiger partial charge in [0.05, 0.1) is 11.8 Å². The summed E-state index contributed by atoms with van der Waals surface area (Å²) in [6.45, 7) is 0. The minimum absolute atomic E-state index is 0.0900. The number of aromatic nitrogens is 2. The van der Waals surface area contributed by atoms with Crippen molar-refractivity contribution < 1.29 is 17.6 Å². The van der Waals surface area contributed by atoms with E-state index in [0.29, 0.717) is 0 Å². The topological polar surface area (TPSA) is 43.8 Å². The zero-order chi connectivity index (χ0) is 12.7. The molecule has 0 amide bonds. The smallest absolute Gasteiger partial charge is 0.169 e. The molecule has 0 saturated heterocycles. The fourth-order valence-corrected chi connectivity index (χ4v) is 1.45. The van der Waals surface area contributed by atoms with E-state index >= 15 is 0 Å². The van der Waals surface area contributed by atoms with Crippen LogP contribution in [0, 0.1) is 23.3 Å². The Morgan fingerprint density at radius 2 is 1.65 bits per heavy atom. The van der Waals surface area contributed by atoms with Crippen molar-refractivity contribution >= 4 is 5.82 Å². The molecule has 2 rings (SSSR count). The van der Waals surface area contributed by atoms with Gasteiger partial charge in [-0.3, -0.25) is 4.68 Å². The van der Waals surface area contributed by atoms with E-state index in [1.54, 1.807) is 0 Å². The van der Waals surface area contributed by atoms with Crippen LogP contribution in [0.15, 0.2) is 12.3 Å². The summed E-state index contributed by atoms with van der Waals surface area (Å²) < 4.78 is 54.0. The Labute approximate surface area is 93.5 Å². The third kappa shape index (κ3) is 1.63. The Bertz CT molecular complexity index is 565. The fraction of sp³-hybridized carbons (Fsp3) is 0.100. The summed E-state index contributed by atoms with van der Waals surface area (Å²) in [4.78, 5) is 0. The van der Waals surface area contributed by atoms with Crippen LogP contribution in [-0.2, 0) is 7.05 Å². The maximum absolute atomic E-state index is 13.4. The number of hydrogen-bond donors (Lipinski definition) is 1. The van der Waals surface area contributed by atoms with Crippen LogP contribution < -0.4 is 5.73 Å². The molecule has 0 aliphatic rings. The third-order valence-corrected chi connectivity index (χ3v) is 2.37. The summed E-state index contributed by atoms with van der Waals surface area (Å²) in [6.07, 6.45) is 1.04. The number of nitrogens with two attached hydrogens (primary N) is 1. The minimum Gasteiger partial charge on any atom is -0.383 e. The molecule has 0 atom stereocenters. The van der Waals surface area contributed by atoms with Crippen molar-refractivity contribution in [3.8, 4) is 11.1 Å². The van der Waals surface area contributed by atoms with E-state index in [0.717, 1.165) is 10.9 Å². The first-order chi connectivity index (χ1) is 7.93. The van der Waals surface area contributed by atoms with Crippen LogP contribution in [0.3, 0.4) is 0 Å². The highest BCUT2D eigenvalue weighted by Gasteiger charge is 2.23. The second kappa shape index (κ2) is 3.76. The average molecular weight is 245 g/mol. The molecule has 1 aromatic heterocycles. The summed E-state index contributed by atoms with van der Waals surface area (Å²) in [5, 5.41) is 3.65. The van der Waals surface area contributed by atoms with Crippen LogP contribution in [0.25, 0.3) is 11.1 Å². The molecule has 1 heterocycles. The van der Waals surface area contributed by atoms with Gasteiger partial charge in [-0.25, -0.2) is 17.6 Å². The Balaban J connectivity index is 2.79. The van der Waals surface area contributed by atoms with Gasteiger partial charge in [0.1, 0.15) is 5.82 Å². The molecule has 3 nitrogen and oxygen atoms in total. The highest BCUT2D eigenvalue weighted by atomic mass is 19.2. The Hall–Kier alpha value is -2.05. The standard InChI is InChI=1S/C10H7F4N3/c1-17-10(15)4(3-16-17)7-8(13)5(11)2-6(12)9(7)14/h2-3H,15H2,1H3. The van der Waals surface area contributed by atoms with Gasteiger partial charge in [0.2, 0.25) is 0 Å². The molecule has 0 saturated carbocycles. The second-order valence-electron chi connectivity index (χ2n) is 3.41. The zero-order valence-electron chi connectivity index (χ0n) is 8.64. The molecule has 0 aliphatic carbocycles. The summed E-state index contributed by atoms with van der Waals surface area (Å²) in [5.74, 6) is -6.05. The van der Waals surface area contributed by atoms with Crippen molar-refractivity contribution in [2.45, 2.75) is 0 Å².